The van der Waals surface area contributed by atoms with Crippen LogP contribution in [0.4, 0.5) is 0 Å². The van der Waals surface area contributed by atoms with Crippen molar-refractivity contribution in [2.24, 2.45) is 5.92 Å². The van der Waals surface area contributed by atoms with E-state index in [0.29, 0.717) is 17.5 Å². The van der Waals surface area contributed by atoms with E-state index in [1.807, 2.05) is 24.3 Å². The van der Waals surface area contributed by atoms with E-state index in [0.717, 1.165) is 0 Å². The van der Waals surface area contributed by atoms with Crippen molar-refractivity contribution in [2.75, 3.05) is 12.8 Å². The second-order valence-corrected chi connectivity index (χ2v) is 7.95. The van der Waals surface area contributed by atoms with Crippen LogP contribution >= 0.6 is 11.6 Å². The fraction of sp³-hybridized carbons (Fsp3) is 0.600. The van der Waals surface area contributed by atoms with Crippen LogP contribution in [-0.4, -0.2) is 21.2 Å². The topological polar surface area (TPSA) is 46.2 Å². The fourth-order valence-electron chi connectivity index (χ4n) is 3.04. The highest BCUT2D eigenvalue weighted by atomic mass is 35.5. The predicted octanol–water partition coefficient (Wildman–Crippen LogP) is 3.55. The first-order valence-corrected chi connectivity index (χ1v) is 9.43. The molecule has 1 fully saturated rings. The van der Waals surface area contributed by atoms with Crippen molar-refractivity contribution in [3.8, 4) is 0 Å². The molecule has 1 aromatic rings. The minimum absolute atomic E-state index is 0.238. The number of hydrogen-bond donors (Lipinski definition) is 1. The summed E-state index contributed by atoms with van der Waals surface area (Å²) in [6.45, 7) is 0.477. The predicted molar refractivity (Wildman–Crippen MR) is 83.6 cm³/mol. The van der Waals surface area contributed by atoms with E-state index >= 15 is 0 Å². The Morgan fingerprint density at radius 2 is 1.80 bits per heavy atom. The second kappa shape index (κ2) is 6.92. The molecule has 112 valence electrons. The highest BCUT2D eigenvalue weighted by Crippen LogP contribution is 2.36. The van der Waals surface area contributed by atoms with Gasteiger partial charge in [-0.05, 0) is 36.5 Å². The van der Waals surface area contributed by atoms with Crippen molar-refractivity contribution in [1.29, 1.82) is 0 Å². The third-order valence-corrected chi connectivity index (χ3v) is 5.03. The molecular weight excluding hydrogens is 294 g/mol. The molecule has 1 N–H and O–H groups in total. The van der Waals surface area contributed by atoms with E-state index in [4.69, 9.17) is 11.6 Å². The standard InChI is InChI=1S/C15H22ClNO2S/c1-20(18,19)17-11-15(12-5-3-2-4-6-12)13-7-9-14(16)10-8-13/h7-10,12,15,17H,2-6,11H2,1H3/t15-/m0/s1. The molecule has 20 heavy (non-hydrogen) atoms. The van der Waals surface area contributed by atoms with Gasteiger partial charge in [-0.2, -0.15) is 0 Å². The van der Waals surface area contributed by atoms with Gasteiger partial charge in [0.15, 0.2) is 0 Å². The lowest BCUT2D eigenvalue weighted by molar-refractivity contribution is 0.303. The maximum atomic E-state index is 11.4. The molecule has 1 aliphatic carbocycles. The van der Waals surface area contributed by atoms with E-state index in [1.54, 1.807) is 0 Å². The third kappa shape index (κ3) is 4.76. The molecule has 0 unspecified atom stereocenters. The van der Waals surface area contributed by atoms with Crippen molar-refractivity contribution in [2.45, 2.75) is 38.0 Å². The van der Waals surface area contributed by atoms with Gasteiger partial charge in [-0.1, -0.05) is 43.0 Å². The van der Waals surface area contributed by atoms with Crippen molar-refractivity contribution < 1.29 is 8.42 Å². The molecule has 0 aliphatic heterocycles. The summed E-state index contributed by atoms with van der Waals surface area (Å²) in [5.74, 6) is 0.793. The Bertz CT molecular complexity index is 521. The van der Waals surface area contributed by atoms with Crippen LogP contribution in [0, 0.1) is 5.92 Å². The summed E-state index contributed by atoms with van der Waals surface area (Å²) in [5.41, 5.74) is 1.18. The summed E-state index contributed by atoms with van der Waals surface area (Å²) >= 11 is 5.94. The number of nitrogens with one attached hydrogen (secondary N) is 1. The summed E-state index contributed by atoms with van der Waals surface area (Å²) in [6.07, 6.45) is 7.36. The SMILES string of the molecule is CS(=O)(=O)NC[C@H](c1ccc(Cl)cc1)C1CCCCC1. The Balaban J connectivity index is 2.16. The Kier molecular flexibility index (Phi) is 5.47. The van der Waals surface area contributed by atoms with Gasteiger partial charge in [-0.3, -0.25) is 0 Å². The van der Waals surface area contributed by atoms with E-state index in [9.17, 15) is 8.42 Å². The second-order valence-electron chi connectivity index (χ2n) is 5.68. The maximum absolute atomic E-state index is 11.4. The molecule has 0 amide bonds. The van der Waals surface area contributed by atoms with Gasteiger partial charge in [-0.25, -0.2) is 13.1 Å². The first kappa shape index (κ1) is 15.8. The lowest BCUT2D eigenvalue weighted by atomic mass is 9.77. The largest absolute Gasteiger partial charge is 0.215 e. The molecule has 1 aliphatic rings. The van der Waals surface area contributed by atoms with Crippen LogP contribution in [0.3, 0.4) is 0 Å². The Labute approximate surface area is 126 Å². The number of benzene rings is 1. The van der Waals surface area contributed by atoms with Crippen LogP contribution in [-0.2, 0) is 10.0 Å². The highest BCUT2D eigenvalue weighted by Gasteiger charge is 2.25. The van der Waals surface area contributed by atoms with Crippen molar-refractivity contribution in [3.05, 3.63) is 34.9 Å². The fourth-order valence-corrected chi connectivity index (χ4v) is 3.65. The molecule has 0 bridgehead atoms. The van der Waals surface area contributed by atoms with Gasteiger partial charge >= 0.3 is 0 Å². The van der Waals surface area contributed by atoms with E-state index < -0.39 is 10.0 Å². The highest BCUT2D eigenvalue weighted by molar-refractivity contribution is 7.88. The van der Waals surface area contributed by atoms with E-state index in [2.05, 4.69) is 4.72 Å². The molecule has 0 spiro atoms. The van der Waals surface area contributed by atoms with Crippen LogP contribution in [0.25, 0.3) is 0 Å². The van der Waals surface area contributed by atoms with Crippen LogP contribution in [0.5, 0.6) is 0 Å². The lowest BCUT2D eigenvalue weighted by Gasteiger charge is -2.30. The molecule has 1 aromatic carbocycles. The zero-order valence-electron chi connectivity index (χ0n) is 11.8. The third-order valence-electron chi connectivity index (χ3n) is 4.08. The normalized spacial score (nSPS) is 18.9. The van der Waals surface area contributed by atoms with Crippen LogP contribution in [0.2, 0.25) is 5.02 Å². The van der Waals surface area contributed by atoms with Crippen LogP contribution in [0.15, 0.2) is 24.3 Å². The van der Waals surface area contributed by atoms with Crippen molar-refractivity contribution >= 4 is 21.6 Å². The van der Waals surface area contributed by atoms with Crippen LogP contribution in [0.1, 0.15) is 43.6 Å². The van der Waals surface area contributed by atoms with Gasteiger partial charge in [0.2, 0.25) is 10.0 Å². The van der Waals surface area contributed by atoms with Gasteiger partial charge < -0.3 is 0 Å². The van der Waals surface area contributed by atoms with Gasteiger partial charge in [-0.15, -0.1) is 0 Å². The Morgan fingerprint density at radius 1 is 1.20 bits per heavy atom. The first-order valence-electron chi connectivity index (χ1n) is 7.16. The quantitative estimate of drug-likeness (QED) is 0.903. The molecule has 0 heterocycles. The van der Waals surface area contributed by atoms with E-state index in [-0.39, 0.29) is 5.92 Å². The smallest absolute Gasteiger partial charge is 0.208 e. The van der Waals surface area contributed by atoms with Crippen molar-refractivity contribution in [3.63, 3.8) is 0 Å². The van der Waals surface area contributed by atoms with Crippen molar-refractivity contribution in [1.82, 2.24) is 4.72 Å². The summed E-state index contributed by atoms with van der Waals surface area (Å²) in [6, 6.07) is 7.80. The van der Waals surface area contributed by atoms with Gasteiger partial charge in [0, 0.05) is 17.5 Å². The minimum atomic E-state index is -3.15. The number of halogens is 1. The molecule has 0 radical (unpaired) electrons. The molecule has 1 atom stereocenters. The average molecular weight is 316 g/mol. The van der Waals surface area contributed by atoms with Gasteiger partial charge in [0.1, 0.15) is 0 Å². The minimum Gasteiger partial charge on any atom is -0.215 e. The molecule has 0 aromatic heterocycles. The zero-order valence-corrected chi connectivity index (χ0v) is 13.4. The summed E-state index contributed by atoms with van der Waals surface area (Å²) in [5, 5.41) is 0.715. The van der Waals surface area contributed by atoms with Gasteiger partial charge in [0.25, 0.3) is 0 Å². The first-order chi connectivity index (χ1) is 9.46. The van der Waals surface area contributed by atoms with E-state index in [1.165, 1.54) is 43.9 Å². The average Bonchev–Trinajstić information content (AvgIpc) is 2.41. The molecule has 0 saturated heterocycles. The molecule has 2 rings (SSSR count). The number of rotatable bonds is 5. The maximum Gasteiger partial charge on any atom is 0.208 e. The molecular formula is C15H22ClNO2S. The summed E-state index contributed by atoms with van der Waals surface area (Å²) in [7, 11) is -3.15. The zero-order chi connectivity index (χ0) is 14.6. The van der Waals surface area contributed by atoms with Crippen LogP contribution < -0.4 is 4.72 Å². The Hall–Kier alpha value is -0.580. The molecule has 1 saturated carbocycles. The molecule has 3 nitrogen and oxygen atoms in total. The molecule has 5 heteroatoms. The summed E-state index contributed by atoms with van der Waals surface area (Å²) < 4.78 is 25.4. The van der Waals surface area contributed by atoms with Gasteiger partial charge in [0.05, 0.1) is 6.26 Å². The monoisotopic (exact) mass is 315 g/mol. The summed E-state index contributed by atoms with van der Waals surface area (Å²) in [4.78, 5) is 0. The number of sulfonamides is 1. The number of hydrogen-bond acceptors (Lipinski definition) is 2. The lowest BCUT2D eigenvalue weighted by Crippen LogP contribution is -2.31. The Morgan fingerprint density at radius 3 is 2.35 bits per heavy atom.